The lowest BCUT2D eigenvalue weighted by Crippen LogP contribution is -2.73. The van der Waals surface area contributed by atoms with Gasteiger partial charge in [-0.1, -0.05) is 23.7 Å². The number of alkyl halides is 3. The summed E-state index contributed by atoms with van der Waals surface area (Å²) in [6.07, 6.45) is -4.32. The first kappa shape index (κ1) is 22.2. The molecule has 4 heterocycles. The molecule has 0 bridgehead atoms. The SMILES string of the molecule is N#Cc1ccccc1N1CC2(C1)CN(c1nnc3n1-c1ccc(Cl)cc1CN(CC(F)(F)F)C3)C2. The third-order valence-electron chi connectivity index (χ3n) is 6.91. The lowest BCUT2D eigenvalue weighted by molar-refractivity contribution is -0.148. The van der Waals surface area contributed by atoms with Crippen molar-refractivity contribution in [3.63, 3.8) is 0 Å². The molecule has 0 unspecified atom stereocenters. The van der Waals surface area contributed by atoms with Gasteiger partial charge in [0.05, 0.1) is 30.0 Å². The first-order valence-corrected chi connectivity index (χ1v) is 11.6. The molecule has 2 fully saturated rings. The Morgan fingerprint density at radius 1 is 0.971 bits per heavy atom. The number of nitrogens with zero attached hydrogens (tertiary/aromatic N) is 7. The monoisotopic (exact) mass is 499 g/mol. The van der Waals surface area contributed by atoms with E-state index in [0.717, 1.165) is 37.6 Å². The molecule has 180 valence electrons. The maximum atomic E-state index is 13.2. The van der Waals surface area contributed by atoms with Crippen molar-refractivity contribution in [1.82, 2.24) is 19.7 Å². The van der Waals surface area contributed by atoms with Gasteiger partial charge in [0, 0.05) is 43.2 Å². The molecular weight excluding hydrogens is 479 g/mol. The number of halogens is 4. The Morgan fingerprint density at radius 3 is 2.46 bits per heavy atom. The Morgan fingerprint density at radius 2 is 1.71 bits per heavy atom. The number of rotatable bonds is 3. The Balaban J connectivity index is 1.24. The molecule has 0 atom stereocenters. The van der Waals surface area contributed by atoms with Crippen LogP contribution in [0.1, 0.15) is 17.0 Å². The zero-order chi connectivity index (χ0) is 24.4. The van der Waals surface area contributed by atoms with Crippen LogP contribution in [0.5, 0.6) is 0 Å². The van der Waals surface area contributed by atoms with Crippen LogP contribution in [0.15, 0.2) is 42.5 Å². The molecule has 3 aromatic rings. The second-order valence-corrected chi connectivity index (χ2v) is 10.1. The second-order valence-electron chi connectivity index (χ2n) is 9.63. The first-order chi connectivity index (χ1) is 16.7. The van der Waals surface area contributed by atoms with E-state index >= 15 is 0 Å². The van der Waals surface area contributed by atoms with E-state index in [1.54, 1.807) is 12.1 Å². The van der Waals surface area contributed by atoms with Crippen LogP contribution in [0.2, 0.25) is 5.02 Å². The molecule has 2 aromatic carbocycles. The summed E-state index contributed by atoms with van der Waals surface area (Å²) in [5, 5.41) is 18.5. The summed E-state index contributed by atoms with van der Waals surface area (Å²) < 4.78 is 41.5. The number of para-hydroxylation sites is 1. The minimum atomic E-state index is -4.32. The molecule has 0 radical (unpaired) electrons. The molecule has 0 amide bonds. The Hall–Kier alpha value is -3.29. The van der Waals surface area contributed by atoms with E-state index in [1.807, 2.05) is 34.9 Å². The summed E-state index contributed by atoms with van der Waals surface area (Å²) in [6.45, 7) is 2.35. The molecule has 1 spiro atoms. The lowest BCUT2D eigenvalue weighted by Gasteiger charge is -2.61. The van der Waals surface area contributed by atoms with Crippen LogP contribution in [-0.4, -0.2) is 58.6 Å². The van der Waals surface area contributed by atoms with Crippen LogP contribution in [0.4, 0.5) is 24.8 Å². The van der Waals surface area contributed by atoms with Crippen LogP contribution >= 0.6 is 11.6 Å². The number of hydrogen-bond donors (Lipinski definition) is 0. The van der Waals surface area contributed by atoms with E-state index in [-0.39, 0.29) is 18.5 Å². The van der Waals surface area contributed by atoms with Gasteiger partial charge in [0.15, 0.2) is 5.82 Å². The van der Waals surface area contributed by atoms with E-state index in [1.165, 1.54) is 4.90 Å². The van der Waals surface area contributed by atoms with Crippen molar-refractivity contribution in [2.75, 3.05) is 42.5 Å². The normalized spacial score (nSPS) is 18.8. The number of aromatic nitrogens is 3. The summed E-state index contributed by atoms with van der Waals surface area (Å²) in [5.74, 6) is 1.11. The molecule has 11 heteroatoms. The number of anilines is 2. The molecule has 35 heavy (non-hydrogen) atoms. The van der Waals surface area contributed by atoms with Gasteiger partial charge in [0.2, 0.25) is 5.95 Å². The molecule has 6 rings (SSSR count). The van der Waals surface area contributed by atoms with Gasteiger partial charge in [-0.2, -0.15) is 18.4 Å². The summed E-state index contributed by atoms with van der Waals surface area (Å²) >= 11 is 6.19. The molecule has 3 aliphatic rings. The quantitative estimate of drug-likeness (QED) is 0.543. The van der Waals surface area contributed by atoms with Gasteiger partial charge in [-0.05, 0) is 35.9 Å². The number of nitriles is 1. The molecule has 0 aliphatic carbocycles. The van der Waals surface area contributed by atoms with E-state index in [0.29, 0.717) is 27.9 Å². The Kier molecular flexibility index (Phi) is 4.99. The van der Waals surface area contributed by atoms with Crippen molar-refractivity contribution >= 4 is 23.2 Å². The third kappa shape index (κ3) is 3.89. The first-order valence-electron chi connectivity index (χ1n) is 11.2. The Bertz CT molecular complexity index is 1330. The van der Waals surface area contributed by atoms with Crippen LogP contribution in [0.25, 0.3) is 5.69 Å². The van der Waals surface area contributed by atoms with Gasteiger partial charge in [0.25, 0.3) is 0 Å². The van der Waals surface area contributed by atoms with Crippen molar-refractivity contribution < 1.29 is 13.2 Å². The molecular formula is C24H21ClF3N7. The second kappa shape index (κ2) is 7.86. The number of fused-ring (bicyclic) bond motifs is 3. The maximum Gasteiger partial charge on any atom is 0.401 e. The highest BCUT2D eigenvalue weighted by Crippen LogP contribution is 2.45. The average Bonchev–Trinajstić information content (AvgIpc) is 3.07. The van der Waals surface area contributed by atoms with Crippen molar-refractivity contribution in [3.8, 4) is 11.8 Å². The average molecular weight is 500 g/mol. The maximum absolute atomic E-state index is 13.2. The summed E-state index contributed by atoms with van der Waals surface area (Å²) in [4.78, 5) is 5.66. The third-order valence-corrected chi connectivity index (χ3v) is 7.15. The summed E-state index contributed by atoms with van der Waals surface area (Å²) in [7, 11) is 0. The highest BCUT2D eigenvalue weighted by molar-refractivity contribution is 6.30. The minimum absolute atomic E-state index is 0.0382. The fraction of sp³-hybridized carbons (Fsp3) is 0.375. The number of benzene rings is 2. The van der Waals surface area contributed by atoms with Crippen molar-refractivity contribution in [2.45, 2.75) is 19.3 Å². The van der Waals surface area contributed by atoms with Gasteiger partial charge in [-0.15, -0.1) is 10.2 Å². The van der Waals surface area contributed by atoms with Gasteiger partial charge < -0.3 is 9.80 Å². The molecule has 0 saturated carbocycles. The van der Waals surface area contributed by atoms with Gasteiger partial charge >= 0.3 is 6.18 Å². The predicted octanol–water partition coefficient (Wildman–Crippen LogP) is 4.00. The van der Waals surface area contributed by atoms with E-state index in [2.05, 4.69) is 26.1 Å². The van der Waals surface area contributed by atoms with Crippen LogP contribution in [0.3, 0.4) is 0 Å². The molecule has 1 aromatic heterocycles. The van der Waals surface area contributed by atoms with E-state index < -0.39 is 12.7 Å². The van der Waals surface area contributed by atoms with Gasteiger partial charge in [0.1, 0.15) is 6.07 Å². The molecule has 3 aliphatic heterocycles. The number of hydrogen-bond acceptors (Lipinski definition) is 6. The minimum Gasteiger partial charge on any atom is -0.369 e. The highest BCUT2D eigenvalue weighted by Gasteiger charge is 2.53. The summed E-state index contributed by atoms with van der Waals surface area (Å²) in [6, 6.07) is 15.1. The summed E-state index contributed by atoms with van der Waals surface area (Å²) in [5.41, 5.74) is 3.18. The predicted molar refractivity (Wildman–Crippen MR) is 125 cm³/mol. The zero-order valence-electron chi connectivity index (χ0n) is 18.6. The smallest absolute Gasteiger partial charge is 0.369 e. The fourth-order valence-electron chi connectivity index (χ4n) is 5.50. The van der Waals surface area contributed by atoms with Gasteiger partial charge in [-0.25, -0.2) is 0 Å². The molecule has 7 nitrogen and oxygen atoms in total. The van der Waals surface area contributed by atoms with Crippen molar-refractivity contribution in [2.24, 2.45) is 5.41 Å². The zero-order valence-corrected chi connectivity index (χ0v) is 19.4. The van der Waals surface area contributed by atoms with Crippen molar-refractivity contribution in [3.05, 3.63) is 64.4 Å². The van der Waals surface area contributed by atoms with Crippen molar-refractivity contribution in [1.29, 1.82) is 5.26 Å². The standard InChI is InChI=1S/C24H21ClF3N7/c25-18-5-6-20-17(7-18)9-32(15-24(26,27)28)10-21-30-31-22(35(20)21)34-13-23(14-34)11-33(12-23)19-4-2-1-3-16(19)8-29/h1-7H,9-15H2. The highest BCUT2D eigenvalue weighted by atomic mass is 35.5. The topological polar surface area (TPSA) is 64.2 Å². The van der Waals surface area contributed by atoms with Crippen LogP contribution in [0, 0.1) is 16.7 Å². The fourth-order valence-corrected chi connectivity index (χ4v) is 5.70. The van der Waals surface area contributed by atoms with Gasteiger partial charge in [-0.3, -0.25) is 9.47 Å². The molecule has 2 saturated heterocycles. The lowest BCUT2D eigenvalue weighted by atomic mass is 9.72. The Labute approximate surface area is 204 Å². The van der Waals surface area contributed by atoms with Crippen LogP contribution < -0.4 is 9.80 Å². The van der Waals surface area contributed by atoms with E-state index in [4.69, 9.17) is 11.6 Å². The van der Waals surface area contributed by atoms with Crippen LogP contribution in [-0.2, 0) is 13.1 Å². The van der Waals surface area contributed by atoms with E-state index in [9.17, 15) is 18.4 Å². The largest absolute Gasteiger partial charge is 0.401 e. The molecule has 0 N–H and O–H groups in total.